The Morgan fingerprint density at radius 2 is 1.56 bits per heavy atom. The summed E-state index contributed by atoms with van der Waals surface area (Å²) in [6.45, 7) is 30.7. The van der Waals surface area contributed by atoms with Gasteiger partial charge in [0.25, 0.3) is 0 Å². The summed E-state index contributed by atoms with van der Waals surface area (Å²) in [4.78, 5) is 28.1. The maximum absolute atomic E-state index is 14.4. The van der Waals surface area contributed by atoms with Crippen LogP contribution in [0.5, 0.6) is 0 Å². The van der Waals surface area contributed by atoms with Gasteiger partial charge in [-0.05, 0) is 71.7 Å². The highest BCUT2D eigenvalue weighted by Gasteiger charge is 2.61. The molecule has 3 fully saturated rings. The minimum Gasteiger partial charge on any atom is -0.399 e. The van der Waals surface area contributed by atoms with Gasteiger partial charge in [0, 0.05) is 17.7 Å². The Labute approximate surface area is 276 Å². The normalized spacial score (nSPS) is 25.1. The van der Waals surface area contributed by atoms with Gasteiger partial charge in [0.05, 0.1) is 12.1 Å². The van der Waals surface area contributed by atoms with E-state index in [0.717, 1.165) is 62.5 Å². The van der Waals surface area contributed by atoms with E-state index in [-0.39, 0.29) is 58.1 Å². The number of amides is 3. The van der Waals surface area contributed by atoms with Crippen molar-refractivity contribution in [2.75, 3.05) is 0 Å². The van der Waals surface area contributed by atoms with Gasteiger partial charge in [-0.15, -0.1) is 0 Å². The third kappa shape index (κ3) is 9.19. The smallest absolute Gasteiger partial charge is 0.315 e. The predicted molar refractivity (Wildman–Crippen MR) is 189 cm³/mol. The lowest BCUT2D eigenvalue weighted by molar-refractivity contribution is -0.126. The number of carbonyl (C=O) groups excluding carboxylic acids is 2. The average Bonchev–Trinajstić information content (AvgIpc) is 3.49. The van der Waals surface area contributed by atoms with Crippen LogP contribution >= 0.6 is 0 Å². The van der Waals surface area contributed by atoms with Gasteiger partial charge in [0.1, 0.15) is 0 Å². The molecule has 0 bridgehead atoms. The Morgan fingerprint density at radius 3 is 2.02 bits per heavy atom. The van der Waals surface area contributed by atoms with Gasteiger partial charge in [0.15, 0.2) is 0 Å². The van der Waals surface area contributed by atoms with E-state index in [1.807, 2.05) is 0 Å². The van der Waals surface area contributed by atoms with Crippen molar-refractivity contribution in [1.29, 1.82) is 0 Å². The summed E-state index contributed by atoms with van der Waals surface area (Å²) in [7, 11) is 0. The molecule has 0 heterocycles. The molecule has 6 heteroatoms. The summed E-state index contributed by atoms with van der Waals surface area (Å²) in [5, 5.41) is 10.2. The molecule has 3 saturated carbocycles. The van der Waals surface area contributed by atoms with E-state index >= 15 is 0 Å². The lowest BCUT2D eigenvalue weighted by Crippen LogP contribution is -2.55. The molecule has 4 unspecified atom stereocenters. The highest BCUT2D eigenvalue weighted by atomic mass is 16.2. The van der Waals surface area contributed by atoms with Gasteiger partial charge >= 0.3 is 6.03 Å². The van der Waals surface area contributed by atoms with Crippen molar-refractivity contribution in [3.63, 3.8) is 0 Å². The van der Waals surface area contributed by atoms with Crippen molar-refractivity contribution >= 4 is 11.9 Å². The van der Waals surface area contributed by atoms with Gasteiger partial charge in [-0.2, -0.15) is 0 Å². The van der Waals surface area contributed by atoms with Gasteiger partial charge in [-0.3, -0.25) is 4.79 Å². The van der Waals surface area contributed by atoms with Gasteiger partial charge in [-0.1, -0.05) is 132 Å². The highest BCUT2D eigenvalue weighted by molar-refractivity contribution is 5.81. The molecule has 0 radical (unpaired) electrons. The van der Waals surface area contributed by atoms with E-state index in [2.05, 4.69) is 91.1 Å². The Kier molecular flexibility index (Phi) is 12.5. The minimum absolute atomic E-state index is 0.0423. The fraction of sp³-hybridized carbons (Fsp3) is 0.795. The maximum atomic E-state index is 14.4. The average molecular weight is 625 g/mol. The SMILES string of the molecule is C=C(N)C(=C)C(CC1CCC1)NC(=O)C(CC(=C)C(NC(=O)NC(CCC)C(C)(C)C)C1(C)CCCCC1)[C@@H]1[C@H](CC)C1(C)C. The van der Waals surface area contributed by atoms with Crippen LogP contribution in [0, 0.1) is 39.9 Å². The number of hydrogen-bond acceptors (Lipinski definition) is 3. The van der Waals surface area contributed by atoms with Crippen molar-refractivity contribution in [2.45, 2.75) is 157 Å². The maximum Gasteiger partial charge on any atom is 0.315 e. The van der Waals surface area contributed by atoms with E-state index < -0.39 is 0 Å². The molecule has 0 aromatic rings. The molecule has 0 aromatic heterocycles. The summed E-state index contributed by atoms with van der Waals surface area (Å²) >= 11 is 0. The number of hydrogen-bond donors (Lipinski definition) is 4. The predicted octanol–water partition coefficient (Wildman–Crippen LogP) is 8.79. The number of nitrogens with one attached hydrogen (secondary N) is 3. The second kappa shape index (κ2) is 15.1. The van der Waals surface area contributed by atoms with E-state index in [0.29, 0.717) is 24.0 Å². The van der Waals surface area contributed by atoms with Crippen LogP contribution in [0.3, 0.4) is 0 Å². The van der Waals surface area contributed by atoms with Crippen molar-refractivity contribution in [2.24, 2.45) is 45.7 Å². The molecule has 0 spiro atoms. The molecular weight excluding hydrogens is 556 g/mol. The van der Waals surface area contributed by atoms with Crippen LogP contribution in [0.1, 0.15) is 139 Å². The third-order valence-electron chi connectivity index (χ3n) is 12.1. The second-order valence-corrected chi connectivity index (χ2v) is 16.9. The highest BCUT2D eigenvalue weighted by Crippen LogP contribution is 2.64. The molecule has 0 aliphatic heterocycles. The molecule has 6 nitrogen and oxygen atoms in total. The summed E-state index contributed by atoms with van der Waals surface area (Å²) in [5.74, 6) is 1.14. The quantitative estimate of drug-likeness (QED) is 0.102. The molecule has 3 amide bonds. The lowest BCUT2D eigenvalue weighted by Gasteiger charge is -2.43. The number of nitrogens with two attached hydrogens (primary N) is 1. The first kappa shape index (κ1) is 37.2. The molecule has 3 aliphatic rings. The van der Waals surface area contributed by atoms with Crippen molar-refractivity contribution in [1.82, 2.24) is 16.0 Å². The molecule has 5 N–H and O–H groups in total. The zero-order valence-corrected chi connectivity index (χ0v) is 30.2. The van der Waals surface area contributed by atoms with Crippen LogP contribution in [0.15, 0.2) is 36.6 Å². The van der Waals surface area contributed by atoms with E-state index in [1.165, 1.54) is 25.7 Å². The van der Waals surface area contributed by atoms with Crippen LogP contribution in [0.2, 0.25) is 0 Å². The molecule has 45 heavy (non-hydrogen) atoms. The third-order valence-corrected chi connectivity index (χ3v) is 12.1. The molecule has 3 rings (SSSR count). The van der Waals surface area contributed by atoms with Crippen LogP contribution in [0.25, 0.3) is 0 Å². The van der Waals surface area contributed by atoms with Crippen molar-refractivity contribution < 1.29 is 9.59 Å². The topological polar surface area (TPSA) is 96.2 Å². The minimum atomic E-state index is -0.234. The Balaban J connectivity index is 1.89. The summed E-state index contributed by atoms with van der Waals surface area (Å²) in [6.07, 6.45) is 13.6. The lowest BCUT2D eigenvalue weighted by atomic mass is 9.67. The number of carbonyl (C=O) groups is 2. The zero-order chi connectivity index (χ0) is 33.7. The summed E-state index contributed by atoms with van der Waals surface area (Å²) in [5.41, 5.74) is 8.18. The van der Waals surface area contributed by atoms with E-state index in [9.17, 15) is 9.59 Å². The van der Waals surface area contributed by atoms with E-state index in [1.54, 1.807) is 0 Å². The van der Waals surface area contributed by atoms with E-state index in [4.69, 9.17) is 5.73 Å². The van der Waals surface area contributed by atoms with Crippen LogP contribution in [-0.2, 0) is 4.79 Å². The standard InChI is InChI=1S/C39H68N4O2/c1-12-18-32(37(6,7)8)42-36(45)43-34(39(11)21-15-14-16-22-39)25(3)23-29(33-30(13-2)38(33,9)10)35(44)41-31(26(4)27(5)40)24-28-19-17-20-28/h28-34H,3-5,12-24,40H2,1-2,6-11H3,(H,41,44)(H2,42,43,45)/t29?,30-,31?,32?,33+,34?/m0/s1. The molecule has 256 valence electrons. The first-order valence-corrected chi connectivity index (χ1v) is 18.1. The van der Waals surface area contributed by atoms with Crippen LogP contribution < -0.4 is 21.7 Å². The van der Waals surface area contributed by atoms with Crippen molar-refractivity contribution in [3.8, 4) is 0 Å². The number of urea groups is 1. The first-order valence-electron chi connectivity index (χ1n) is 18.1. The molecule has 0 saturated heterocycles. The molecule has 0 aromatic carbocycles. The van der Waals surface area contributed by atoms with Crippen molar-refractivity contribution in [3.05, 3.63) is 36.6 Å². The van der Waals surface area contributed by atoms with Gasteiger partial charge in [-0.25, -0.2) is 4.79 Å². The molecular formula is C39H68N4O2. The Hall–Kier alpha value is -2.24. The summed E-state index contributed by atoms with van der Waals surface area (Å²) in [6, 6.07) is -0.466. The van der Waals surface area contributed by atoms with Gasteiger partial charge < -0.3 is 21.7 Å². The summed E-state index contributed by atoms with van der Waals surface area (Å²) < 4.78 is 0. The monoisotopic (exact) mass is 625 g/mol. The Bertz CT molecular complexity index is 1080. The zero-order valence-electron chi connectivity index (χ0n) is 30.2. The largest absolute Gasteiger partial charge is 0.399 e. The Morgan fingerprint density at radius 1 is 0.933 bits per heavy atom. The fourth-order valence-electron chi connectivity index (χ4n) is 8.76. The van der Waals surface area contributed by atoms with Crippen LogP contribution in [0.4, 0.5) is 4.79 Å². The number of rotatable bonds is 16. The van der Waals surface area contributed by atoms with Gasteiger partial charge in [0.2, 0.25) is 5.91 Å². The first-order chi connectivity index (χ1) is 21.0. The second-order valence-electron chi connectivity index (χ2n) is 16.9. The van der Waals surface area contributed by atoms with Crippen LogP contribution in [-0.4, -0.2) is 30.1 Å². The fourth-order valence-corrected chi connectivity index (χ4v) is 8.76. The molecule has 6 atom stereocenters. The molecule has 3 aliphatic carbocycles.